The molecule has 32 heavy (non-hydrogen) atoms. The summed E-state index contributed by atoms with van der Waals surface area (Å²) in [6, 6.07) is 13.2. The molecule has 1 amide bonds. The standard InChI is InChI=1S/C25H29NO6/c1-16(2)15-32-19-10-8-17(9-11-19)23(27)21-22(18-6-5-7-20(14-18)31-4)26(12-13-30-3)25(29)24(21)28/h5-11,14,16,22,27H,12-13,15H2,1-4H3/b23-21-. The minimum atomic E-state index is -0.753. The highest BCUT2D eigenvalue weighted by Gasteiger charge is 2.46. The second-order valence-electron chi connectivity index (χ2n) is 7.99. The van der Waals surface area contributed by atoms with E-state index in [2.05, 4.69) is 13.8 Å². The van der Waals surface area contributed by atoms with Crippen molar-refractivity contribution in [3.05, 3.63) is 65.2 Å². The average molecular weight is 440 g/mol. The van der Waals surface area contributed by atoms with Gasteiger partial charge in [0.05, 0.1) is 31.9 Å². The van der Waals surface area contributed by atoms with Crippen LogP contribution in [0.15, 0.2) is 54.1 Å². The number of Topliss-reactive ketones (excluding diaryl/α,β-unsaturated/α-hetero) is 1. The van der Waals surface area contributed by atoms with Gasteiger partial charge in [0.2, 0.25) is 0 Å². The van der Waals surface area contributed by atoms with E-state index < -0.39 is 17.7 Å². The molecule has 2 aromatic rings. The number of ketones is 1. The van der Waals surface area contributed by atoms with E-state index in [1.54, 1.807) is 55.6 Å². The van der Waals surface area contributed by atoms with Crippen LogP contribution in [0.5, 0.6) is 11.5 Å². The highest BCUT2D eigenvalue weighted by Crippen LogP contribution is 2.40. The second kappa shape index (κ2) is 10.3. The van der Waals surface area contributed by atoms with Crippen LogP contribution in [-0.4, -0.2) is 55.7 Å². The molecule has 7 heteroatoms. The Morgan fingerprint density at radius 2 is 1.78 bits per heavy atom. The summed E-state index contributed by atoms with van der Waals surface area (Å²) in [4.78, 5) is 27.2. The Hall–Kier alpha value is -3.32. The lowest BCUT2D eigenvalue weighted by Gasteiger charge is -2.25. The number of hydrogen-bond acceptors (Lipinski definition) is 6. The van der Waals surface area contributed by atoms with Crippen LogP contribution < -0.4 is 9.47 Å². The topological polar surface area (TPSA) is 85.3 Å². The summed E-state index contributed by atoms with van der Waals surface area (Å²) in [6.07, 6.45) is 0. The van der Waals surface area contributed by atoms with Crippen LogP contribution in [0.2, 0.25) is 0 Å². The first kappa shape index (κ1) is 23.3. The Labute approximate surface area is 188 Å². The Kier molecular flexibility index (Phi) is 7.53. The molecular weight excluding hydrogens is 410 g/mol. The molecule has 1 unspecified atom stereocenters. The molecule has 0 spiro atoms. The molecule has 0 saturated carbocycles. The molecule has 0 radical (unpaired) electrons. The Morgan fingerprint density at radius 1 is 1.06 bits per heavy atom. The minimum Gasteiger partial charge on any atom is -0.507 e. The quantitative estimate of drug-likeness (QED) is 0.363. The first-order valence-corrected chi connectivity index (χ1v) is 10.5. The van der Waals surface area contributed by atoms with Crippen LogP contribution in [0.25, 0.3) is 5.76 Å². The highest BCUT2D eigenvalue weighted by atomic mass is 16.5. The molecule has 1 N–H and O–H groups in total. The van der Waals surface area contributed by atoms with Gasteiger partial charge < -0.3 is 24.2 Å². The lowest BCUT2D eigenvalue weighted by Crippen LogP contribution is -2.32. The van der Waals surface area contributed by atoms with Gasteiger partial charge in [-0.25, -0.2) is 0 Å². The first-order valence-electron chi connectivity index (χ1n) is 10.5. The van der Waals surface area contributed by atoms with Gasteiger partial charge in [-0.15, -0.1) is 0 Å². The van der Waals surface area contributed by atoms with E-state index in [0.717, 1.165) is 0 Å². The van der Waals surface area contributed by atoms with Gasteiger partial charge in [-0.2, -0.15) is 0 Å². The Balaban J connectivity index is 2.04. The monoisotopic (exact) mass is 439 g/mol. The molecule has 1 atom stereocenters. The molecule has 1 aliphatic rings. The number of likely N-dealkylation sites (tertiary alicyclic amines) is 1. The maximum Gasteiger partial charge on any atom is 0.295 e. The number of carbonyl (C=O) groups excluding carboxylic acids is 2. The summed E-state index contributed by atoms with van der Waals surface area (Å²) in [5.74, 6) is 0.00649. The van der Waals surface area contributed by atoms with E-state index in [9.17, 15) is 14.7 Å². The zero-order valence-corrected chi connectivity index (χ0v) is 18.8. The zero-order valence-electron chi connectivity index (χ0n) is 18.8. The second-order valence-corrected chi connectivity index (χ2v) is 7.99. The number of nitrogens with zero attached hydrogens (tertiary/aromatic N) is 1. The van der Waals surface area contributed by atoms with Gasteiger partial charge in [-0.05, 0) is 47.9 Å². The molecule has 1 aliphatic heterocycles. The highest BCUT2D eigenvalue weighted by molar-refractivity contribution is 6.46. The van der Waals surface area contributed by atoms with Gasteiger partial charge in [0.25, 0.3) is 11.7 Å². The van der Waals surface area contributed by atoms with Gasteiger partial charge >= 0.3 is 0 Å². The lowest BCUT2D eigenvalue weighted by atomic mass is 9.95. The van der Waals surface area contributed by atoms with Crippen molar-refractivity contribution in [1.82, 2.24) is 4.90 Å². The van der Waals surface area contributed by atoms with Crippen molar-refractivity contribution in [2.24, 2.45) is 5.92 Å². The predicted octanol–water partition coefficient (Wildman–Crippen LogP) is 3.80. The number of aliphatic hydroxyl groups excluding tert-OH is 1. The van der Waals surface area contributed by atoms with Crippen molar-refractivity contribution in [1.29, 1.82) is 0 Å². The number of amides is 1. The average Bonchev–Trinajstić information content (AvgIpc) is 3.06. The fourth-order valence-corrected chi connectivity index (χ4v) is 3.59. The lowest BCUT2D eigenvalue weighted by molar-refractivity contribution is -0.140. The van der Waals surface area contributed by atoms with Gasteiger partial charge in [0, 0.05) is 19.2 Å². The summed E-state index contributed by atoms with van der Waals surface area (Å²) < 4.78 is 16.1. The van der Waals surface area contributed by atoms with Crippen molar-refractivity contribution in [2.75, 3.05) is 34.0 Å². The number of ether oxygens (including phenoxy) is 3. The third kappa shape index (κ3) is 4.94. The number of benzene rings is 2. The Bertz CT molecular complexity index is 996. The zero-order chi connectivity index (χ0) is 23.3. The van der Waals surface area contributed by atoms with Crippen LogP contribution in [0, 0.1) is 5.92 Å². The van der Waals surface area contributed by atoms with E-state index in [-0.39, 0.29) is 24.5 Å². The maximum absolute atomic E-state index is 13.0. The van der Waals surface area contributed by atoms with Crippen LogP contribution in [0.4, 0.5) is 0 Å². The predicted molar refractivity (Wildman–Crippen MR) is 121 cm³/mol. The molecule has 7 nitrogen and oxygen atoms in total. The number of methoxy groups -OCH3 is 2. The summed E-state index contributed by atoms with van der Waals surface area (Å²) in [7, 11) is 3.07. The molecule has 1 fully saturated rings. The van der Waals surface area contributed by atoms with E-state index in [1.807, 2.05) is 0 Å². The van der Waals surface area contributed by atoms with Crippen LogP contribution in [0.1, 0.15) is 31.0 Å². The van der Waals surface area contributed by atoms with Crippen molar-refractivity contribution in [2.45, 2.75) is 19.9 Å². The molecule has 1 saturated heterocycles. The molecule has 170 valence electrons. The summed E-state index contributed by atoms with van der Waals surface area (Å²) in [5.41, 5.74) is 1.13. The molecule has 0 aromatic heterocycles. The fourth-order valence-electron chi connectivity index (χ4n) is 3.59. The number of carbonyl (C=O) groups is 2. The Morgan fingerprint density at radius 3 is 2.41 bits per heavy atom. The van der Waals surface area contributed by atoms with Gasteiger partial charge in [-0.3, -0.25) is 9.59 Å². The van der Waals surface area contributed by atoms with E-state index in [0.29, 0.717) is 35.2 Å². The number of rotatable bonds is 9. The molecular formula is C25H29NO6. The maximum atomic E-state index is 13.0. The largest absolute Gasteiger partial charge is 0.507 e. The number of hydrogen-bond donors (Lipinski definition) is 1. The van der Waals surface area contributed by atoms with Crippen LogP contribution in [-0.2, 0) is 14.3 Å². The van der Waals surface area contributed by atoms with Crippen LogP contribution >= 0.6 is 0 Å². The minimum absolute atomic E-state index is 0.0372. The molecule has 2 aromatic carbocycles. The normalized spacial score (nSPS) is 17.8. The molecule has 0 bridgehead atoms. The van der Waals surface area contributed by atoms with Crippen molar-refractivity contribution in [3.8, 4) is 11.5 Å². The molecule has 3 rings (SSSR count). The van der Waals surface area contributed by atoms with Crippen molar-refractivity contribution in [3.63, 3.8) is 0 Å². The SMILES string of the molecule is COCCN1C(=O)C(=O)/C(=C(\O)c2ccc(OCC(C)C)cc2)C1c1cccc(OC)c1. The third-order valence-electron chi connectivity index (χ3n) is 5.20. The molecule has 1 heterocycles. The summed E-state index contributed by atoms with van der Waals surface area (Å²) in [5, 5.41) is 11.1. The van der Waals surface area contributed by atoms with Gasteiger partial charge in [0.15, 0.2) is 0 Å². The van der Waals surface area contributed by atoms with Crippen molar-refractivity contribution >= 4 is 17.4 Å². The summed E-state index contributed by atoms with van der Waals surface area (Å²) >= 11 is 0. The first-order chi connectivity index (χ1) is 15.4. The van der Waals surface area contributed by atoms with E-state index >= 15 is 0 Å². The van der Waals surface area contributed by atoms with Gasteiger partial charge in [0.1, 0.15) is 17.3 Å². The van der Waals surface area contributed by atoms with Crippen molar-refractivity contribution < 1.29 is 28.9 Å². The van der Waals surface area contributed by atoms with E-state index in [4.69, 9.17) is 14.2 Å². The van der Waals surface area contributed by atoms with E-state index in [1.165, 1.54) is 12.0 Å². The smallest absolute Gasteiger partial charge is 0.295 e. The third-order valence-corrected chi connectivity index (χ3v) is 5.20. The molecule has 0 aliphatic carbocycles. The van der Waals surface area contributed by atoms with Crippen LogP contribution in [0.3, 0.4) is 0 Å². The number of aliphatic hydroxyl groups is 1. The fraction of sp³-hybridized carbons (Fsp3) is 0.360. The van der Waals surface area contributed by atoms with Gasteiger partial charge in [-0.1, -0.05) is 26.0 Å². The summed E-state index contributed by atoms with van der Waals surface area (Å²) in [6.45, 7) is 5.16.